The lowest BCUT2D eigenvalue weighted by atomic mass is 10.1. The first-order valence-corrected chi connectivity index (χ1v) is 11.3. The van der Waals surface area contributed by atoms with Gasteiger partial charge in [0.2, 0.25) is 0 Å². The first kappa shape index (κ1) is 22.0. The van der Waals surface area contributed by atoms with Crippen molar-refractivity contribution in [2.45, 2.75) is 26.2 Å². The number of benzene rings is 1. The summed E-state index contributed by atoms with van der Waals surface area (Å²) < 4.78 is 5.59. The molecule has 32 heavy (non-hydrogen) atoms. The fourth-order valence-electron chi connectivity index (χ4n) is 3.93. The van der Waals surface area contributed by atoms with E-state index in [9.17, 15) is 4.79 Å². The van der Waals surface area contributed by atoms with E-state index < -0.39 is 0 Å². The summed E-state index contributed by atoms with van der Waals surface area (Å²) >= 11 is 0. The SMILES string of the molecule is Cc1cccc(CCCN2CCN(C(=O)Oc3ccc(Cc4ccccn4)cc3)CC2)n1. The number of aryl methyl sites for hydroxylation is 2. The van der Waals surface area contributed by atoms with Gasteiger partial charge in [0.25, 0.3) is 0 Å². The van der Waals surface area contributed by atoms with Crippen molar-refractivity contribution < 1.29 is 9.53 Å². The number of hydrogen-bond acceptors (Lipinski definition) is 5. The Morgan fingerprint density at radius 2 is 1.72 bits per heavy atom. The van der Waals surface area contributed by atoms with Crippen LogP contribution in [0.4, 0.5) is 4.79 Å². The average Bonchev–Trinajstić information content (AvgIpc) is 2.81. The van der Waals surface area contributed by atoms with E-state index in [-0.39, 0.29) is 6.09 Å². The summed E-state index contributed by atoms with van der Waals surface area (Å²) in [6.07, 6.45) is 4.35. The molecule has 3 heterocycles. The van der Waals surface area contributed by atoms with Crippen molar-refractivity contribution in [3.8, 4) is 5.75 Å². The summed E-state index contributed by atoms with van der Waals surface area (Å²) in [4.78, 5) is 25.7. The van der Waals surface area contributed by atoms with Crippen molar-refractivity contribution >= 4 is 6.09 Å². The Balaban J connectivity index is 1.18. The van der Waals surface area contributed by atoms with Gasteiger partial charge in [-0.3, -0.25) is 14.9 Å². The number of amides is 1. The van der Waals surface area contributed by atoms with Crippen LogP contribution >= 0.6 is 0 Å². The molecule has 3 aromatic rings. The molecule has 4 rings (SSSR count). The lowest BCUT2D eigenvalue weighted by Gasteiger charge is -2.34. The van der Waals surface area contributed by atoms with Gasteiger partial charge in [-0.05, 0) is 68.3 Å². The number of ether oxygens (including phenoxy) is 1. The van der Waals surface area contributed by atoms with Gasteiger partial charge in [-0.2, -0.15) is 0 Å². The molecule has 1 saturated heterocycles. The standard InChI is InChI=1S/C26H30N4O2/c1-21-6-4-8-23(28-21)9-5-15-29-16-18-30(19-17-29)26(31)32-25-12-10-22(11-13-25)20-24-7-2-3-14-27-24/h2-4,6-8,10-14H,5,9,15-20H2,1H3. The second kappa shape index (κ2) is 10.9. The zero-order chi connectivity index (χ0) is 22.2. The molecule has 0 aliphatic carbocycles. The molecule has 0 saturated carbocycles. The van der Waals surface area contributed by atoms with Gasteiger partial charge < -0.3 is 9.64 Å². The van der Waals surface area contributed by atoms with E-state index in [2.05, 4.69) is 27.0 Å². The number of aromatic nitrogens is 2. The van der Waals surface area contributed by atoms with Crippen LogP contribution in [0.3, 0.4) is 0 Å². The third-order valence-electron chi connectivity index (χ3n) is 5.72. The molecule has 6 nitrogen and oxygen atoms in total. The third kappa shape index (κ3) is 6.37. The van der Waals surface area contributed by atoms with E-state index in [4.69, 9.17) is 4.74 Å². The maximum atomic E-state index is 12.5. The predicted octanol–water partition coefficient (Wildman–Crippen LogP) is 4.13. The summed E-state index contributed by atoms with van der Waals surface area (Å²) in [7, 11) is 0. The van der Waals surface area contributed by atoms with Crippen LogP contribution in [0, 0.1) is 6.92 Å². The Labute approximate surface area is 189 Å². The zero-order valence-electron chi connectivity index (χ0n) is 18.6. The number of carbonyl (C=O) groups is 1. The topological polar surface area (TPSA) is 58.6 Å². The number of carbonyl (C=O) groups excluding carboxylic acids is 1. The second-order valence-electron chi connectivity index (χ2n) is 8.21. The normalized spacial score (nSPS) is 14.3. The van der Waals surface area contributed by atoms with Gasteiger partial charge >= 0.3 is 6.09 Å². The van der Waals surface area contributed by atoms with Crippen molar-refractivity contribution in [2.75, 3.05) is 32.7 Å². The smallest absolute Gasteiger partial charge is 0.410 e. The monoisotopic (exact) mass is 430 g/mol. The van der Waals surface area contributed by atoms with Crippen molar-refractivity contribution in [3.05, 3.63) is 89.5 Å². The minimum Gasteiger partial charge on any atom is -0.410 e. The second-order valence-corrected chi connectivity index (χ2v) is 8.21. The molecule has 1 aliphatic heterocycles. The molecule has 2 aromatic heterocycles. The molecule has 0 radical (unpaired) electrons. The van der Waals surface area contributed by atoms with E-state index in [0.29, 0.717) is 18.8 Å². The first-order valence-electron chi connectivity index (χ1n) is 11.3. The number of rotatable bonds is 7. The summed E-state index contributed by atoms with van der Waals surface area (Å²) in [6.45, 7) is 6.19. The maximum Gasteiger partial charge on any atom is 0.415 e. The summed E-state index contributed by atoms with van der Waals surface area (Å²) in [5.41, 5.74) is 4.37. The summed E-state index contributed by atoms with van der Waals surface area (Å²) in [5, 5.41) is 0. The molecular formula is C26H30N4O2. The molecule has 1 aliphatic rings. The van der Waals surface area contributed by atoms with Crippen LogP contribution in [0.2, 0.25) is 0 Å². The van der Waals surface area contributed by atoms with Gasteiger partial charge in [0.1, 0.15) is 5.75 Å². The minimum atomic E-state index is -0.272. The molecule has 0 bridgehead atoms. The lowest BCUT2D eigenvalue weighted by molar-refractivity contribution is 0.110. The average molecular weight is 431 g/mol. The molecule has 1 fully saturated rings. The van der Waals surface area contributed by atoms with Crippen LogP contribution in [0.1, 0.15) is 29.1 Å². The molecule has 0 unspecified atom stereocenters. The molecule has 0 N–H and O–H groups in total. The van der Waals surface area contributed by atoms with Crippen molar-refractivity contribution in [2.24, 2.45) is 0 Å². The fraction of sp³-hybridized carbons (Fsp3) is 0.346. The Morgan fingerprint density at radius 3 is 2.44 bits per heavy atom. The summed E-state index contributed by atoms with van der Waals surface area (Å²) in [5.74, 6) is 0.577. The minimum absolute atomic E-state index is 0.272. The van der Waals surface area contributed by atoms with Gasteiger partial charge in [0.15, 0.2) is 0 Å². The summed E-state index contributed by atoms with van der Waals surface area (Å²) in [6, 6.07) is 19.8. The van der Waals surface area contributed by atoms with Crippen molar-refractivity contribution in [1.82, 2.24) is 19.8 Å². The van der Waals surface area contributed by atoms with Gasteiger partial charge in [0.05, 0.1) is 0 Å². The highest BCUT2D eigenvalue weighted by Gasteiger charge is 2.22. The largest absolute Gasteiger partial charge is 0.415 e. The van der Waals surface area contributed by atoms with E-state index in [1.807, 2.05) is 55.5 Å². The van der Waals surface area contributed by atoms with Crippen LogP contribution in [0.25, 0.3) is 0 Å². The van der Waals surface area contributed by atoms with Gasteiger partial charge in [0, 0.05) is 55.9 Å². The van der Waals surface area contributed by atoms with E-state index in [1.165, 1.54) is 0 Å². The van der Waals surface area contributed by atoms with Crippen LogP contribution in [-0.4, -0.2) is 58.6 Å². The van der Waals surface area contributed by atoms with E-state index >= 15 is 0 Å². The van der Waals surface area contributed by atoms with Crippen molar-refractivity contribution in [3.63, 3.8) is 0 Å². The van der Waals surface area contributed by atoms with Crippen molar-refractivity contribution in [1.29, 1.82) is 0 Å². The quantitative estimate of drug-likeness (QED) is 0.564. The Hall–Kier alpha value is -3.25. The highest BCUT2D eigenvalue weighted by Crippen LogP contribution is 2.16. The van der Waals surface area contributed by atoms with Gasteiger partial charge in [-0.1, -0.05) is 24.3 Å². The molecule has 1 aromatic carbocycles. The van der Waals surface area contributed by atoms with E-state index in [0.717, 1.165) is 61.5 Å². The first-order chi connectivity index (χ1) is 15.7. The molecule has 6 heteroatoms. The van der Waals surface area contributed by atoms with Crippen LogP contribution in [0.15, 0.2) is 66.9 Å². The maximum absolute atomic E-state index is 12.5. The molecular weight excluding hydrogens is 400 g/mol. The Bertz CT molecular complexity index is 1000. The van der Waals surface area contributed by atoms with Gasteiger partial charge in [-0.25, -0.2) is 4.79 Å². The highest BCUT2D eigenvalue weighted by molar-refractivity contribution is 5.70. The Kier molecular flexibility index (Phi) is 7.46. The van der Waals surface area contributed by atoms with Crippen LogP contribution < -0.4 is 4.74 Å². The molecule has 0 atom stereocenters. The molecule has 166 valence electrons. The lowest BCUT2D eigenvalue weighted by Crippen LogP contribution is -2.49. The molecule has 0 spiro atoms. The molecule has 1 amide bonds. The zero-order valence-corrected chi connectivity index (χ0v) is 18.6. The number of hydrogen-bond donors (Lipinski definition) is 0. The Morgan fingerprint density at radius 1 is 0.938 bits per heavy atom. The van der Waals surface area contributed by atoms with Crippen LogP contribution in [-0.2, 0) is 12.8 Å². The van der Waals surface area contributed by atoms with E-state index in [1.54, 1.807) is 11.1 Å². The van der Waals surface area contributed by atoms with Crippen LogP contribution in [0.5, 0.6) is 5.75 Å². The fourth-order valence-corrected chi connectivity index (χ4v) is 3.93. The predicted molar refractivity (Wildman–Crippen MR) is 125 cm³/mol. The number of pyridine rings is 2. The van der Waals surface area contributed by atoms with Gasteiger partial charge in [-0.15, -0.1) is 0 Å². The number of piperazine rings is 1. The third-order valence-corrected chi connectivity index (χ3v) is 5.72. The number of nitrogens with zero attached hydrogens (tertiary/aromatic N) is 4. The highest BCUT2D eigenvalue weighted by atomic mass is 16.6.